The fourth-order valence-corrected chi connectivity index (χ4v) is 3.16. The molecule has 1 saturated heterocycles. The van der Waals surface area contributed by atoms with Gasteiger partial charge in [0.1, 0.15) is 0 Å². The van der Waals surface area contributed by atoms with Crippen molar-refractivity contribution in [3.63, 3.8) is 0 Å². The average molecular weight is 345 g/mol. The Morgan fingerprint density at radius 1 is 1.05 bits per heavy atom. The van der Waals surface area contributed by atoms with Crippen molar-refractivity contribution in [3.8, 4) is 0 Å². The highest BCUT2D eigenvalue weighted by Crippen LogP contribution is 2.24. The minimum atomic E-state index is 0.859. The molecule has 0 radical (unpaired) electrons. The molecule has 0 aliphatic carbocycles. The molecular weight excluding hydrogens is 324 g/mol. The first kappa shape index (κ1) is 14.5. The van der Waals surface area contributed by atoms with Gasteiger partial charge in [0.25, 0.3) is 0 Å². The fourth-order valence-electron chi connectivity index (χ4n) is 2.80. The lowest BCUT2D eigenvalue weighted by atomic mass is 10.1. The second-order valence-electron chi connectivity index (χ2n) is 5.63. The lowest BCUT2D eigenvalue weighted by molar-refractivity contribution is 0.949. The van der Waals surface area contributed by atoms with Gasteiger partial charge >= 0.3 is 0 Å². The van der Waals surface area contributed by atoms with E-state index in [9.17, 15) is 0 Å². The molecule has 0 saturated carbocycles. The third-order valence-corrected chi connectivity index (χ3v) is 5.02. The van der Waals surface area contributed by atoms with Crippen molar-refractivity contribution in [2.24, 2.45) is 0 Å². The predicted molar refractivity (Wildman–Crippen MR) is 94.1 cm³/mol. The largest absolute Gasteiger partial charge is 0.381 e. The van der Waals surface area contributed by atoms with Gasteiger partial charge in [0.05, 0.1) is 0 Å². The summed E-state index contributed by atoms with van der Waals surface area (Å²) in [6.07, 6.45) is 2.65. The van der Waals surface area contributed by atoms with Crippen molar-refractivity contribution in [1.29, 1.82) is 0 Å². The molecule has 3 rings (SSSR count). The summed E-state index contributed by atoms with van der Waals surface area (Å²) in [6, 6.07) is 15.2. The highest BCUT2D eigenvalue weighted by Gasteiger charge is 2.11. The molecule has 110 valence electrons. The summed E-state index contributed by atoms with van der Waals surface area (Å²) in [6.45, 7) is 5.39. The van der Waals surface area contributed by atoms with Crippen molar-refractivity contribution in [2.75, 3.05) is 23.3 Å². The molecule has 0 bridgehead atoms. The highest BCUT2D eigenvalue weighted by atomic mass is 79.9. The molecular formula is C18H21BrN2. The van der Waals surface area contributed by atoms with Crippen molar-refractivity contribution >= 4 is 27.3 Å². The lowest BCUT2D eigenvalue weighted by Gasteiger charge is -2.18. The number of rotatable bonds is 4. The van der Waals surface area contributed by atoms with Gasteiger partial charge in [-0.25, -0.2) is 0 Å². The number of hydrogen-bond donors (Lipinski definition) is 1. The summed E-state index contributed by atoms with van der Waals surface area (Å²) in [5.74, 6) is 0. The lowest BCUT2D eigenvalue weighted by Crippen LogP contribution is -2.17. The van der Waals surface area contributed by atoms with E-state index >= 15 is 0 Å². The van der Waals surface area contributed by atoms with Gasteiger partial charge in [0.2, 0.25) is 0 Å². The molecule has 1 N–H and O–H groups in total. The van der Waals surface area contributed by atoms with Gasteiger partial charge in [-0.2, -0.15) is 0 Å². The van der Waals surface area contributed by atoms with Crippen LogP contribution in [-0.4, -0.2) is 13.1 Å². The van der Waals surface area contributed by atoms with Crippen LogP contribution in [0.25, 0.3) is 0 Å². The number of nitrogens with zero attached hydrogens (tertiary/aromatic N) is 1. The van der Waals surface area contributed by atoms with E-state index in [1.54, 1.807) is 0 Å². The Morgan fingerprint density at radius 2 is 1.76 bits per heavy atom. The minimum Gasteiger partial charge on any atom is -0.381 e. The fraction of sp³-hybridized carbons (Fsp3) is 0.333. The zero-order chi connectivity index (χ0) is 14.7. The summed E-state index contributed by atoms with van der Waals surface area (Å²) in [5, 5.41) is 3.52. The second kappa shape index (κ2) is 6.52. The van der Waals surface area contributed by atoms with E-state index in [4.69, 9.17) is 0 Å². The van der Waals surface area contributed by atoms with Gasteiger partial charge in [0, 0.05) is 35.5 Å². The van der Waals surface area contributed by atoms with Crippen LogP contribution < -0.4 is 10.2 Å². The molecule has 2 nitrogen and oxygen atoms in total. The normalized spacial score (nSPS) is 14.5. The summed E-state index contributed by atoms with van der Waals surface area (Å²) in [5.41, 5.74) is 5.12. The third kappa shape index (κ3) is 3.41. The molecule has 3 heteroatoms. The van der Waals surface area contributed by atoms with E-state index in [0.29, 0.717) is 0 Å². The van der Waals surface area contributed by atoms with E-state index in [1.807, 2.05) is 0 Å². The first-order valence-corrected chi connectivity index (χ1v) is 8.36. The molecule has 2 aromatic rings. The van der Waals surface area contributed by atoms with Crippen LogP contribution in [0.4, 0.5) is 11.4 Å². The van der Waals surface area contributed by atoms with Crippen LogP contribution in [-0.2, 0) is 6.54 Å². The predicted octanol–water partition coefficient (Wildman–Crippen LogP) is 4.97. The third-order valence-electron chi connectivity index (χ3n) is 4.16. The maximum Gasteiger partial charge on any atom is 0.0400 e. The second-order valence-corrected chi connectivity index (χ2v) is 6.48. The first-order chi connectivity index (χ1) is 10.2. The van der Waals surface area contributed by atoms with Crippen LogP contribution in [0.1, 0.15) is 24.0 Å². The minimum absolute atomic E-state index is 0.859. The summed E-state index contributed by atoms with van der Waals surface area (Å²) in [7, 11) is 0. The monoisotopic (exact) mass is 344 g/mol. The zero-order valence-corrected chi connectivity index (χ0v) is 14.0. The van der Waals surface area contributed by atoms with Gasteiger partial charge in [-0.3, -0.25) is 0 Å². The standard InChI is InChI=1S/C18H21BrN2/c1-14-17(19)5-4-6-18(14)20-13-15-7-9-16(10-8-15)21-11-2-3-12-21/h4-10,20H,2-3,11-13H2,1H3. The molecule has 0 amide bonds. The van der Waals surface area contributed by atoms with Crippen LogP contribution in [0.2, 0.25) is 0 Å². The SMILES string of the molecule is Cc1c(Br)cccc1NCc1ccc(N2CCCC2)cc1. The Labute approximate surface area is 135 Å². The van der Waals surface area contributed by atoms with Gasteiger partial charge in [0.15, 0.2) is 0 Å². The van der Waals surface area contributed by atoms with Crippen LogP contribution in [0, 0.1) is 6.92 Å². The van der Waals surface area contributed by atoms with Gasteiger partial charge in [-0.15, -0.1) is 0 Å². The van der Waals surface area contributed by atoms with Gasteiger partial charge in [-0.05, 0) is 55.2 Å². The highest BCUT2D eigenvalue weighted by molar-refractivity contribution is 9.10. The van der Waals surface area contributed by atoms with Gasteiger partial charge < -0.3 is 10.2 Å². The van der Waals surface area contributed by atoms with E-state index in [1.165, 1.54) is 48.4 Å². The zero-order valence-electron chi connectivity index (χ0n) is 12.4. The van der Waals surface area contributed by atoms with Crippen LogP contribution >= 0.6 is 15.9 Å². The molecule has 21 heavy (non-hydrogen) atoms. The van der Waals surface area contributed by atoms with E-state index < -0.39 is 0 Å². The number of hydrogen-bond acceptors (Lipinski definition) is 2. The molecule has 1 aliphatic rings. The Bertz CT molecular complexity index is 601. The maximum atomic E-state index is 3.57. The van der Waals surface area contributed by atoms with E-state index in [0.717, 1.165) is 11.0 Å². The van der Waals surface area contributed by atoms with Crippen LogP contribution in [0.5, 0.6) is 0 Å². The molecule has 1 fully saturated rings. The Morgan fingerprint density at radius 3 is 2.48 bits per heavy atom. The molecule has 0 aromatic heterocycles. The van der Waals surface area contributed by atoms with E-state index in [2.05, 4.69) is 75.5 Å². The van der Waals surface area contributed by atoms with Crippen LogP contribution in [0.3, 0.4) is 0 Å². The maximum absolute atomic E-state index is 3.57. The summed E-state index contributed by atoms with van der Waals surface area (Å²) >= 11 is 3.57. The quantitative estimate of drug-likeness (QED) is 0.842. The number of nitrogens with one attached hydrogen (secondary N) is 1. The summed E-state index contributed by atoms with van der Waals surface area (Å²) in [4.78, 5) is 2.47. The Kier molecular flexibility index (Phi) is 4.49. The van der Waals surface area contributed by atoms with Gasteiger partial charge in [-0.1, -0.05) is 34.1 Å². The molecule has 1 heterocycles. The van der Waals surface area contributed by atoms with Crippen LogP contribution in [0.15, 0.2) is 46.9 Å². The summed E-state index contributed by atoms with van der Waals surface area (Å²) < 4.78 is 1.15. The number of anilines is 2. The van der Waals surface area contributed by atoms with Crippen molar-refractivity contribution in [2.45, 2.75) is 26.3 Å². The molecule has 1 aliphatic heterocycles. The molecule has 0 atom stereocenters. The Balaban J connectivity index is 1.64. The average Bonchev–Trinajstić information content (AvgIpc) is 3.04. The number of halogens is 1. The molecule has 0 unspecified atom stereocenters. The van der Waals surface area contributed by atoms with Crippen molar-refractivity contribution in [1.82, 2.24) is 0 Å². The van der Waals surface area contributed by atoms with E-state index in [-0.39, 0.29) is 0 Å². The molecule has 0 spiro atoms. The van der Waals surface area contributed by atoms with Crippen molar-refractivity contribution < 1.29 is 0 Å². The Hall–Kier alpha value is -1.48. The first-order valence-electron chi connectivity index (χ1n) is 7.57. The molecule has 2 aromatic carbocycles. The topological polar surface area (TPSA) is 15.3 Å². The van der Waals surface area contributed by atoms with Crippen molar-refractivity contribution in [3.05, 3.63) is 58.1 Å². The smallest absolute Gasteiger partial charge is 0.0400 e. The number of benzene rings is 2.